The summed E-state index contributed by atoms with van der Waals surface area (Å²) in [4.78, 5) is 13.0. The molecule has 2 aromatic carbocycles. The second kappa shape index (κ2) is 6.33. The summed E-state index contributed by atoms with van der Waals surface area (Å²) >= 11 is 1.57. The van der Waals surface area contributed by atoms with Gasteiger partial charge in [0.25, 0.3) is 0 Å². The number of hydrogen-bond donors (Lipinski definition) is 2. The van der Waals surface area contributed by atoms with Gasteiger partial charge in [0.05, 0.1) is 0 Å². The number of rotatable bonds is 5. The number of carbonyl (C=O) groups is 1. The summed E-state index contributed by atoms with van der Waals surface area (Å²) in [5, 5.41) is 0. The summed E-state index contributed by atoms with van der Waals surface area (Å²) < 4.78 is 0. The molecule has 1 atom stereocenters. The van der Waals surface area contributed by atoms with Crippen molar-refractivity contribution in [2.24, 2.45) is 11.5 Å². The average Bonchev–Trinajstić information content (AvgIpc) is 2.48. The van der Waals surface area contributed by atoms with E-state index in [1.165, 1.54) is 11.1 Å². The van der Waals surface area contributed by atoms with Crippen LogP contribution < -0.4 is 11.5 Å². The minimum Gasteiger partial charge on any atom is -0.368 e. The van der Waals surface area contributed by atoms with Crippen molar-refractivity contribution in [2.45, 2.75) is 24.3 Å². The predicted molar refractivity (Wildman–Crippen MR) is 88.1 cm³/mol. The number of amides is 1. The SMILES string of the molecule is Cc1ccc(C)c(SCC(N)(C(N)=O)c2ccccc2)c1. The van der Waals surface area contributed by atoms with E-state index in [0.29, 0.717) is 5.75 Å². The van der Waals surface area contributed by atoms with Crippen LogP contribution in [-0.4, -0.2) is 11.7 Å². The predicted octanol–water partition coefficient (Wildman–Crippen LogP) is 2.74. The maximum atomic E-state index is 11.9. The van der Waals surface area contributed by atoms with E-state index in [4.69, 9.17) is 11.5 Å². The van der Waals surface area contributed by atoms with Crippen LogP contribution in [0.25, 0.3) is 0 Å². The monoisotopic (exact) mass is 300 g/mol. The van der Waals surface area contributed by atoms with Crippen LogP contribution in [0.15, 0.2) is 53.4 Å². The fourth-order valence-electron chi connectivity index (χ4n) is 2.09. The van der Waals surface area contributed by atoms with Gasteiger partial charge >= 0.3 is 0 Å². The van der Waals surface area contributed by atoms with Gasteiger partial charge in [0, 0.05) is 10.6 Å². The van der Waals surface area contributed by atoms with E-state index >= 15 is 0 Å². The molecule has 0 bridgehead atoms. The van der Waals surface area contributed by atoms with Crippen LogP contribution in [0, 0.1) is 13.8 Å². The minimum absolute atomic E-state index is 0.413. The lowest BCUT2D eigenvalue weighted by atomic mass is 9.92. The molecule has 4 N–H and O–H groups in total. The summed E-state index contributed by atoms with van der Waals surface area (Å²) in [5.41, 5.74) is 13.8. The number of carbonyl (C=O) groups excluding carboxylic acids is 1. The van der Waals surface area contributed by atoms with Gasteiger partial charge in [-0.25, -0.2) is 0 Å². The topological polar surface area (TPSA) is 69.1 Å². The molecular formula is C17H20N2OS. The van der Waals surface area contributed by atoms with Crippen molar-refractivity contribution in [2.75, 3.05) is 5.75 Å². The zero-order valence-electron chi connectivity index (χ0n) is 12.3. The molecule has 4 heteroatoms. The molecule has 0 saturated heterocycles. The van der Waals surface area contributed by atoms with Gasteiger partial charge in [0.2, 0.25) is 5.91 Å². The highest BCUT2D eigenvalue weighted by atomic mass is 32.2. The smallest absolute Gasteiger partial charge is 0.243 e. The Morgan fingerprint density at radius 3 is 2.43 bits per heavy atom. The summed E-state index contributed by atoms with van der Waals surface area (Å²) in [6, 6.07) is 15.5. The third-order valence-corrected chi connectivity index (χ3v) is 4.88. The summed E-state index contributed by atoms with van der Waals surface area (Å²) in [6.07, 6.45) is 0. The fourth-order valence-corrected chi connectivity index (χ4v) is 3.34. The van der Waals surface area contributed by atoms with Crippen molar-refractivity contribution < 1.29 is 4.79 Å². The molecular weight excluding hydrogens is 280 g/mol. The van der Waals surface area contributed by atoms with Crippen molar-refractivity contribution in [3.05, 3.63) is 65.2 Å². The van der Waals surface area contributed by atoms with Crippen molar-refractivity contribution in [3.63, 3.8) is 0 Å². The Balaban J connectivity index is 2.26. The Morgan fingerprint density at radius 1 is 1.14 bits per heavy atom. The van der Waals surface area contributed by atoms with Crippen molar-refractivity contribution in [1.29, 1.82) is 0 Å². The number of aryl methyl sites for hydroxylation is 2. The molecule has 0 radical (unpaired) electrons. The molecule has 0 heterocycles. The normalized spacial score (nSPS) is 13.7. The standard InChI is InChI=1S/C17H20N2OS/c1-12-8-9-13(2)15(10-12)21-11-17(19,16(18)20)14-6-4-3-5-7-14/h3-10H,11,19H2,1-2H3,(H2,18,20). The lowest BCUT2D eigenvalue weighted by molar-refractivity contribution is -0.122. The van der Waals surface area contributed by atoms with E-state index < -0.39 is 11.4 Å². The molecule has 0 aliphatic carbocycles. The van der Waals surface area contributed by atoms with Gasteiger partial charge in [0.1, 0.15) is 5.54 Å². The van der Waals surface area contributed by atoms with Crippen molar-refractivity contribution in [1.82, 2.24) is 0 Å². The molecule has 0 aliphatic heterocycles. The lowest BCUT2D eigenvalue weighted by Gasteiger charge is -2.26. The first-order valence-corrected chi connectivity index (χ1v) is 7.76. The zero-order chi connectivity index (χ0) is 15.5. The molecule has 1 unspecified atom stereocenters. The molecule has 0 aliphatic rings. The Hall–Kier alpha value is -1.78. The molecule has 21 heavy (non-hydrogen) atoms. The highest BCUT2D eigenvalue weighted by Gasteiger charge is 2.34. The number of benzene rings is 2. The number of primary amides is 1. The molecule has 0 fully saturated rings. The van der Waals surface area contributed by atoms with E-state index in [1.54, 1.807) is 11.8 Å². The van der Waals surface area contributed by atoms with Crippen LogP contribution in [-0.2, 0) is 10.3 Å². The summed E-state index contributed by atoms with van der Waals surface area (Å²) in [7, 11) is 0. The van der Waals surface area contributed by atoms with Gasteiger partial charge in [-0.15, -0.1) is 11.8 Å². The second-order valence-corrected chi connectivity index (χ2v) is 6.28. The van der Waals surface area contributed by atoms with Crippen molar-refractivity contribution in [3.8, 4) is 0 Å². The maximum absolute atomic E-state index is 11.9. The van der Waals surface area contributed by atoms with E-state index in [-0.39, 0.29) is 0 Å². The van der Waals surface area contributed by atoms with E-state index in [2.05, 4.69) is 18.2 Å². The Bertz CT molecular complexity index is 642. The van der Waals surface area contributed by atoms with Gasteiger partial charge in [-0.1, -0.05) is 48.0 Å². The molecule has 2 rings (SSSR count). The summed E-state index contributed by atoms with van der Waals surface area (Å²) in [6.45, 7) is 4.09. The Morgan fingerprint density at radius 2 is 1.81 bits per heavy atom. The molecule has 0 aromatic heterocycles. The third-order valence-electron chi connectivity index (χ3n) is 3.53. The number of hydrogen-bond acceptors (Lipinski definition) is 3. The van der Waals surface area contributed by atoms with Crippen LogP contribution >= 0.6 is 11.8 Å². The van der Waals surface area contributed by atoms with Gasteiger partial charge in [-0.05, 0) is 31.0 Å². The lowest BCUT2D eigenvalue weighted by Crippen LogP contribution is -2.51. The van der Waals surface area contributed by atoms with Crippen LogP contribution in [0.5, 0.6) is 0 Å². The molecule has 110 valence electrons. The van der Waals surface area contributed by atoms with E-state index in [1.807, 2.05) is 44.2 Å². The van der Waals surface area contributed by atoms with Crippen LogP contribution in [0.3, 0.4) is 0 Å². The summed E-state index contributed by atoms with van der Waals surface area (Å²) in [5.74, 6) is -0.0945. The molecule has 1 amide bonds. The van der Waals surface area contributed by atoms with Gasteiger partial charge in [-0.3, -0.25) is 4.79 Å². The Kier molecular flexibility index (Phi) is 4.70. The van der Waals surface area contributed by atoms with Crippen LogP contribution in [0.4, 0.5) is 0 Å². The van der Waals surface area contributed by atoms with Crippen molar-refractivity contribution >= 4 is 17.7 Å². The fraction of sp³-hybridized carbons (Fsp3) is 0.235. The van der Waals surface area contributed by atoms with Gasteiger partial charge in [0.15, 0.2) is 0 Å². The maximum Gasteiger partial charge on any atom is 0.243 e. The highest BCUT2D eigenvalue weighted by Crippen LogP contribution is 2.30. The minimum atomic E-state index is -1.16. The third kappa shape index (κ3) is 3.46. The van der Waals surface area contributed by atoms with Crippen LogP contribution in [0.2, 0.25) is 0 Å². The van der Waals surface area contributed by atoms with Gasteiger partial charge in [-0.2, -0.15) is 0 Å². The van der Waals surface area contributed by atoms with E-state index in [0.717, 1.165) is 10.5 Å². The quantitative estimate of drug-likeness (QED) is 0.834. The first-order chi connectivity index (χ1) is 9.93. The first kappa shape index (κ1) is 15.6. The second-order valence-electron chi connectivity index (χ2n) is 5.26. The largest absolute Gasteiger partial charge is 0.368 e. The Labute approximate surface area is 129 Å². The molecule has 2 aromatic rings. The van der Waals surface area contributed by atoms with Gasteiger partial charge < -0.3 is 11.5 Å². The zero-order valence-corrected chi connectivity index (χ0v) is 13.1. The highest BCUT2D eigenvalue weighted by molar-refractivity contribution is 7.99. The van der Waals surface area contributed by atoms with Crippen LogP contribution in [0.1, 0.15) is 16.7 Å². The van der Waals surface area contributed by atoms with E-state index in [9.17, 15) is 4.79 Å². The molecule has 0 saturated carbocycles. The number of thioether (sulfide) groups is 1. The first-order valence-electron chi connectivity index (χ1n) is 6.78. The molecule has 0 spiro atoms. The molecule has 3 nitrogen and oxygen atoms in total. The number of nitrogens with two attached hydrogens (primary N) is 2. The average molecular weight is 300 g/mol.